The van der Waals surface area contributed by atoms with Gasteiger partial charge in [-0.25, -0.2) is 0 Å². The molecular formula is C20H22ClN3O3. The van der Waals surface area contributed by atoms with Gasteiger partial charge in [0.25, 0.3) is 5.91 Å². The Bertz CT molecular complexity index is 844. The second-order valence-electron chi connectivity index (χ2n) is 7.17. The number of piperidine rings is 1. The third-order valence-corrected chi connectivity index (χ3v) is 5.84. The predicted octanol–water partition coefficient (Wildman–Crippen LogP) is 2.89. The fourth-order valence-corrected chi connectivity index (χ4v) is 4.29. The fourth-order valence-electron chi connectivity index (χ4n) is 4.07. The Morgan fingerprint density at radius 3 is 2.67 bits per heavy atom. The van der Waals surface area contributed by atoms with Crippen LogP contribution in [0, 0.1) is 0 Å². The molecule has 1 spiro atoms. The van der Waals surface area contributed by atoms with Crippen molar-refractivity contribution in [2.45, 2.75) is 38.0 Å². The van der Waals surface area contributed by atoms with Crippen molar-refractivity contribution in [1.29, 1.82) is 0 Å². The Hall–Kier alpha value is -2.31. The van der Waals surface area contributed by atoms with Gasteiger partial charge in [0.05, 0.1) is 35.1 Å². The van der Waals surface area contributed by atoms with Crippen molar-refractivity contribution in [2.75, 3.05) is 13.1 Å². The first-order valence-corrected chi connectivity index (χ1v) is 9.53. The van der Waals surface area contributed by atoms with E-state index < -0.39 is 5.66 Å². The van der Waals surface area contributed by atoms with E-state index in [1.807, 2.05) is 41.0 Å². The van der Waals surface area contributed by atoms with Crippen molar-refractivity contribution >= 4 is 23.4 Å². The third kappa shape index (κ3) is 3.24. The van der Waals surface area contributed by atoms with E-state index in [4.69, 9.17) is 16.0 Å². The summed E-state index contributed by atoms with van der Waals surface area (Å²) in [7, 11) is 0. The minimum Gasteiger partial charge on any atom is -0.467 e. The Kier molecular flexibility index (Phi) is 4.70. The highest BCUT2D eigenvalue weighted by Gasteiger charge is 2.50. The molecule has 2 fully saturated rings. The molecule has 2 amide bonds. The number of carbonyl (C=O) groups excluding carboxylic acids is 2. The van der Waals surface area contributed by atoms with Gasteiger partial charge in [0.1, 0.15) is 5.76 Å². The van der Waals surface area contributed by atoms with Crippen LogP contribution in [0.2, 0.25) is 5.02 Å². The topological polar surface area (TPSA) is 65.8 Å². The zero-order valence-corrected chi connectivity index (χ0v) is 15.9. The van der Waals surface area contributed by atoms with Gasteiger partial charge in [0, 0.05) is 25.9 Å². The van der Waals surface area contributed by atoms with Crippen LogP contribution in [0.5, 0.6) is 0 Å². The van der Waals surface area contributed by atoms with Crippen molar-refractivity contribution < 1.29 is 14.0 Å². The van der Waals surface area contributed by atoms with Gasteiger partial charge in [-0.05, 0) is 31.2 Å². The maximum Gasteiger partial charge on any atom is 0.255 e. The number of likely N-dealkylation sites (tertiary alicyclic amines) is 1. The molecule has 1 aromatic carbocycles. The molecular weight excluding hydrogens is 366 g/mol. The standard InChI is InChI=1S/C20H22ClN3O3/c1-14-18(25)24(13-15-5-4-12-27-15)20(22-14)8-10-23(11-9-20)19(26)16-6-2-3-7-17(16)21/h2-7,12,14,22H,8-11,13H2,1H3. The zero-order valence-electron chi connectivity index (χ0n) is 15.2. The van der Waals surface area contributed by atoms with E-state index in [-0.39, 0.29) is 17.9 Å². The first-order chi connectivity index (χ1) is 13.0. The number of amides is 2. The summed E-state index contributed by atoms with van der Waals surface area (Å²) in [5, 5.41) is 3.93. The van der Waals surface area contributed by atoms with Crippen LogP contribution in [0.15, 0.2) is 47.1 Å². The van der Waals surface area contributed by atoms with Crippen LogP contribution in [-0.2, 0) is 11.3 Å². The second kappa shape index (κ2) is 7.02. The molecule has 6 nitrogen and oxygen atoms in total. The number of nitrogens with one attached hydrogen (secondary N) is 1. The van der Waals surface area contributed by atoms with Gasteiger partial charge in [-0.15, -0.1) is 0 Å². The lowest BCUT2D eigenvalue weighted by Gasteiger charge is -2.44. The average molecular weight is 388 g/mol. The van der Waals surface area contributed by atoms with Gasteiger partial charge in [0.2, 0.25) is 5.91 Å². The molecule has 2 aliphatic rings. The van der Waals surface area contributed by atoms with Crippen molar-refractivity contribution in [1.82, 2.24) is 15.1 Å². The minimum absolute atomic E-state index is 0.0644. The summed E-state index contributed by atoms with van der Waals surface area (Å²) in [4.78, 5) is 29.2. The van der Waals surface area contributed by atoms with Gasteiger partial charge in [-0.2, -0.15) is 0 Å². The highest BCUT2D eigenvalue weighted by atomic mass is 35.5. The molecule has 0 bridgehead atoms. The van der Waals surface area contributed by atoms with Crippen LogP contribution in [-0.4, -0.2) is 46.4 Å². The van der Waals surface area contributed by atoms with Gasteiger partial charge >= 0.3 is 0 Å². The lowest BCUT2D eigenvalue weighted by Crippen LogP contribution is -2.59. The van der Waals surface area contributed by atoms with Gasteiger partial charge in [-0.3, -0.25) is 14.9 Å². The molecule has 142 valence electrons. The number of rotatable bonds is 3. The largest absolute Gasteiger partial charge is 0.467 e. The molecule has 0 saturated carbocycles. The number of furan rings is 1. The van der Waals surface area contributed by atoms with Crippen LogP contribution in [0.4, 0.5) is 0 Å². The highest BCUT2D eigenvalue weighted by molar-refractivity contribution is 6.33. The van der Waals surface area contributed by atoms with Crippen molar-refractivity contribution in [3.63, 3.8) is 0 Å². The summed E-state index contributed by atoms with van der Waals surface area (Å²) >= 11 is 6.18. The molecule has 1 aromatic heterocycles. The summed E-state index contributed by atoms with van der Waals surface area (Å²) in [6.45, 7) is 3.44. The highest BCUT2D eigenvalue weighted by Crippen LogP contribution is 2.34. The first-order valence-electron chi connectivity index (χ1n) is 9.15. The van der Waals surface area contributed by atoms with Gasteiger partial charge in [0.15, 0.2) is 0 Å². The number of hydrogen-bond acceptors (Lipinski definition) is 4. The van der Waals surface area contributed by atoms with E-state index in [9.17, 15) is 9.59 Å². The Morgan fingerprint density at radius 1 is 1.26 bits per heavy atom. The molecule has 1 atom stereocenters. The van der Waals surface area contributed by atoms with Crippen LogP contribution in [0.25, 0.3) is 0 Å². The molecule has 2 aliphatic heterocycles. The van der Waals surface area contributed by atoms with Gasteiger partial charge < -0.3 is 14.2 Å². The molecule has 0 aliphatic carbocycles. The number of hydrogen-bond donors (Lipinski definition) is 1. The zero-order chi connectivity index (χ0) is 19.0. The monoisotopic (exact) mass is 387 g/mol. The summed E-state index contributed by atoms with van der Waals surface area (Å²) in [6, 6.07) is 10.6. The van der Waals surface area contributed by atoms with Crippen LogP contribution in [0.1, 0.15) is 35.9 Å². The quantitative estimate of drug-likeness (QED) is 0.879. The normalized spacial score (nSPS) is 21.9. The average Bonchev–Trinajstić information content (AvgIpc) is 3.26. The molecule has 27 heavy (non-hydrogen) atoms. The predicted molar refractivity (Wildman–Crippen MR) is 101 cm³/mol. The summed E-state index contributed by atoms with van der Waals surface area (Å²) in [6.07, 6.45) is 2.95. The number of halogens is 1. The molecule has 7 heteroatoms. The van der Waals surface area contributed by atoms with E-state index >= 15 is 0 Å². The maximum absolute atomic E-state index is 12.8. The molecule has 3 heterocycles. The molecule has 0 radical (unpaired) electrons. The number of nitrogens with zero attached hydrogens (tertiary/aromatic N) is 2. The number of benzene rings is 1. The van der Waals surface area contributed by atoms with Crippen LogP contribution < -0.4 is 5.32 Å². The van der Waals surface area contributed by atoms with E-state index in [2.05, 4.69) is 5.32 Å². The summed E-state index contributed by atoms with van der Waals surface area (Å²) in [5.41, 5.74) is 0.0759. The van der Waals surface area contributed by atoms with Crippen molar-refractivity contribution in [2.24, 2.45) is 0 Å². The second-order valence-corrected chi connectivity index (χ2v) is 7.58. The smallest absolute Gasteiger partial charge is 0.255 e. The molecule has 1 N–H and O–H groups in total. The van der Waals surface area contributed by atoms with E-state index in [0.717, 1.165) is 5.76 Å². The lowest BCUT2D eigenvalue weighted by atomic mass is 9.95. The van der Waals surface area contributed by atoms with E-state index in [1.54, 1.807) is 18.4 Å². The maximum atomic E-state index is 12.8. The fraction of sp³-hybridized carbons (Fsp3) is 0.400. The van der Waals surface area contributed by atoms with E-state index in [1.165, 1.54) is 0 Å². The van der Waals surface area contributed by atoms with E-state index in [0.29, 0.717) is 43.1 Å². The Morgan fingerprint density at radius 2 is 2.00 bits per heavy atom. The van der Waals surface area contributed by atoms with Crippen molar-refractivity contribution in [3.05, 3.63) is 59.0 Å². The SMILES string of the molecule is CC1NC2(CCN(C(=O)c3ccccc3Cl)CC2)N(Cc2ccco2)C1=O. The molecule has 1 unspecified atom stereocenters. The number of carbonyl (C=O) groups is 2. The summed E-state index contributed by atoms with van der Waals surface area (Å²) in [5.74, 6) is 0.760. The third-order valence-electron chi connectivity index (χ3n) is 5.51. The van der Waals surface area contributed by atoms with Crippen molar-refractivity contribution in [3.8, 4) is 0 Å². The first kappa shape index (κ1) is 18.1. The molecule has 4 rings (SSSR count). The minimum atomic E-state index is -0.444. The lowest BCUT2D eigenvalue weighted by molar-refractivity contribution is -0.134. The molecule has 2 saturated heterocycles. The van der Waals surface area contributed by atoms with Crippen LogP contribution >= 0.6 is 11.6 Å². The Labute approximate surface area is 163 Å². The summed E-state index contributed by atoms with van der Waals surface area (Å²) < 4.78 is 5.44. The van der Waals surface area contributed by atoms with Crippen LogP contribution in [0.3, 0.4) is 0 Å². The van der Waals surface area contributed by atoms with Gasteiger partial charge in [-0.1, -0.05) is 23.7 Å². The Balaban J connectivity index is 1.50. The molecule has 2 aromatic rings.